The van der Waals surface area contributed by atoms with Gasteiger partial charge in [-0.15, -0.1) is 0 Å². The Kier molecular flexibility index (Phi) is 7.26. The van der Waals surface area contributed by atoms with Crippen molar-refractivity contribution in [3.8, 4) is 0 Å². The molecule has 4 nitrogen and oxygen atoms in total. The number of carbonyl (C=O) groups excluding carboxylic acids is 1. The van der Waals surface area contributed by atoms with E-state index < -0.39 is 11.7 Å². The number of fused-ring (bicyclic) bond motifs is 1. The average Bonchev–Trinajstić information content (AvgIpc) is 3.05. The minimum atomic E-state index is -1.76. The molecule has 2 atom stereocenters. The molecule has 33 heavy (non-hydrogen) atoms. The van der Waals surface area contributed by atoms with Crippen LogP contribution >= 0.6 is 0 Å². The summed E-state index contributed by atoms with van der Waals surface area (Å²) in [6.07, 6.45) is 4.88. The third-order valence-corrected chi connectivity index (χ3v) is 6.60. The highest BCUT2D eigenvalue weighted by molar-refractivity contribution is 6.06. The second-order valence-corrected chi connectivity index (χ2v) is 9.03. The lowest BCUT2D eigenvalue weighted by atomic mass is 9.87. The summed E-state index contributed by atoms with van der Waals surface area (Å²) in [5, 5.41) is 22.5. The van der Waals surface area contributed by atoms with Gasteiger partial charge in [0, 0.05) is 12.0 Å². The van der Waals surface area contributed by atoms with Crippen molar-refractivity contribution in [2.75, 3.05) is 4.90 Å². The Morgan fingerprint density at radius 3 is 2.27 bits per heavy atom. The van der Waals surface area contributed by atoms with Crippen LogP contribution in [0.3, 0.4) is 0 Å². The number of carbonyl (C=O) groups is 1. The van der Waals surface area contributed by atoms with E-state index in [-0.39, 0.29) is 12.3 Å². The van der Waals surface area contributed by atoms with Crippen LogP contribution in [0.2, 0.25) is 0 Å². The maximum atomic E-state index is 13.4. The molecule has 1 aliphatic rings. The molecule has 4 heteroatoms. The summed E-state index contributed by atoms with van der Waals surface area (Å²) in [6.45, 7) is 2.58. The number of anilines is 1. The van der Waals surface area contributed by atoms with E-state index in [1.807, 2.05) is 72.8 Å². The molecule has 1 amide bonds. The predicted molar refractivity (Wildman–Crippen MR) is 132 cm³/mol. The van der Waals surface area contributed by atoms with Crippen molar-refractivity contribution in [3.63, 3.8) is 0 Å². The van der Waals surface area contributed by atoms with Crippen LogP contribution in [0.15, 0.2) is 78.9 Å². The molecule has 0 aliphatic carbocycles. The Labute approximate surface area is 196 Å². The van der Waals surface area contributed by atoms with Gasteiger partial charge in [-0.05, 0) is 35.6 Å². The quantitative estimate of drug-likeness (QED) is 0.397. The molecule has 0 bridgehead atoms. The number of hydrogen-bond acceptors (Lipinski definition) is 3. The van der Waals surface area contributed by atoms with Gasteiger partial charge in [0.1, 0.15) is 0 Å². The van der Waals surface area contributed by atoms with E-state index in [1.54, 1.807) is 11.0 Å². The van der Waals surface area contributed by atoms with E-state index in [0.717, 1.165) is 18.4 Å². The van der Waals surface area contributed by atoms with Crippen molar-refractivity contribution in [2.45, 2.75) is 63.7 Å². The molecule has 2 N–H and O–H groups in total. The SMILES string of the molecule is CCCCCCc1ccc(C(O)CC2(O)C(=O)N(Cc3ccccc3)c3ccccc32)cc1. The van der Waals surface area contributed by atoms with Gasteiger partial charge in [-0.25, -0.2) is 0 Å². The van der Waals surface area contributed by atoms with Crippen LogP contribution in [0.5, 0.6) is 0 Å². The molecule has 4 rings (SSSR count). The standard InChI is InChI=1S/C29H33NO3/c1-2-3-4-6-11-22-16-18-24(19-17-22)27(31)20-29(33)25-14-9-10-15-26(25)30(28(29)32)21-23-12-7-5-8-13-23/h5,7-10,12-19,27,31,33H,2-4,6,11,20-21H2,1H3. The fourth-order valence-corrected chi connectivity index (χ4v) is 4.69. The van der Waals surface area contributed by atoms with Crippen LogP contribution in [0.4, 0.5) is 5.69 Å². The highest BCUT2D eigenvalue weighted by atomic mass is 16.3. The molecule has 0 fully saturated rings. The Balaban J connectivity index is 1.50. The summed E-state index contributed by atoms with van der Waals surface area (Å²) in [5.74, 6) is -0.390. The Bertz CT molecular complexity index is 1060. The summed E-state index contributed by atoms with van der Waals surface area (Å²) in [5.41, 5.74) is 2.44. The molecule has 0 aromatic heterocycles. The van der Waals surface area contributed by atoms with E-state index >= 15 is 0 Å². The largest absolute Gasteiger partial charge is 0.388 e. The van der Waals surface area contributed by atoms with Crippen molar-refractivity contribution >= 4 is 11.6 Å². The van der Waals surface area contributed by atoms with Crippen LogP contribution in [0.1, 0.15) is 67.4 Å². The van der Waals surface area contributed by atoms with Crippen molar-refractivity contribution in [1.29, 1.82) is 0 Å². The first kappa shape index (κ1) is 23.2. The lowest BCUT2D eigenvalue weighted by Gasteiger charge is -2.26. The normalized spacial score (nSPS) is 18.4. The first-order valence-electron chi connectivity index (χ1n) is 12.0. The Morgan fingerprint density at radius 1 is 0.848 bits per heavy atom. The Hall–Kier alpha value is -2.95. The number of hydrogen-bond donors (Lipinski definition) is 2. The number of amides is 1. The third-order valence-electron chi connectivity index (χ3n) is 6.60. The van der Waals surface area contributed by atoms with E-state index in [4.69, 9.17) is 0 Å². The molecule has 0 spiro atoms. The zero-order valence-corrected chi connectivity index (χ0v) is 19.3. The topological polar surface area (TPSA) is 60.8 Å². The molecule has 2 unspecified atom stereocenters. The molecule has 3 aromatic carbocycles. The molecule has 172 valence electrons. The van der Waals surface area contributed by atoms with Gasteiger partial charge in [-0.1, -0.05) is 99.0 Å². The van der Waals surface area contributed by atoms with Crippen LogP contribution in [-0.2, 0) is 23.4 Å². The maximum absolute atomic E-state index is 13.4. The van der Waals surface area contributed by atoms with Crippen LogP contribution in [-0.4, -0.2) is 16.1 Å². The molecular formula is C29H33NO3. The number of unbranched alkanes of at least 4 members (excludes halogenated alkanes) is 3. The van der Waals surface area contributed by atoms with Gasteiger partial charge in [0.05, 0.1) is 18.3 Å². The van der Waals surface area contributed by atoms with Gasteiger partial charge in [0.2, 0.25) is 0 Å². The number of aliphatic hydroxyl groups excluding tert-OH is 1. The van der Waals surface area contributed by atoms with E-state index in [2.05, 4.69) is 6.92 Å². The molecule has 0 saturated heterocycles. The number of nitrogens with zero attached hydrogens (tertiary/aromatic N) is 1. The van der Waals surface area contributed by atoms with Crippen molar-refractivity contribution < 1.29 is 15.0 Å². The molecule has 3 aromatic rings. The number of aliphatic hydroxyl groups is 2. The Morgan fingerprint density at radius 2 is 1.55 bits per heavy atom. The molecule has 0 radical (unpaired) electrons. The maximum Gasteiger partial charge on any atom is 0.264 e. The van der Waals surface area contributed by atoms with E-state index in [0.29, 0.717) is 23.4 Å². The van der Waals surface area contributed by atoms with Crippen molar-refractivity contribution in [3.05, 3.63) is 101 Å². The number of para-hydroxylation sites is 1. The monoisotopic (exact) mass is 443 g/mol. The molecule has 1 heterocycles. The smallest absolute Gasteiger partial charge is 0.264 e. The fraction of sp³-hybridized carbons (Fsp3) is 0.345. The summed E-state index contributed by atoms with van der Waals surface area (Å²) >= 11 is 0. The molecular weight excluding hydrogens is 410 g/mol. The summed E-state index contributed by atoms with van der Waals surface area (Å²) < 4.78 is 0. The average molecular weight is 444 g/mol. The molecule has 0 saturated carbocycles. The summed E-state index contributed by atoms with van der Waals surface area (Å²) in [7, 11) is 0. The van der Waals surface area contributed by atoms with Gasteiger partial charge < -0.3 is 15.1 Å². The predicted octanol–water partition coefficient (Wildman–Crippen LogP) is 5.67. The zero-order valence-electron chi connectivity index (χ0n) is 19.3. The van der Waals surface area contributed by atoms with E-state index in [9.17, 15) is 15.0 Å². The lowest BCUT2D eigenvalue weighted by Crippen LogP contribution is -2.41. The van der Waals surface area contributed by atoms with Crippen LogP contribution in [0.25, 0.3) is 0 Å². The van der Waals surface area contributed by atoms with Crippen molar-refractivity contribution in [1.82, 2.24) is 0 Å². The van der Waals surface area contributed by atoms with Gasteiger partial charge >= 0.3 is 0 Å². The number of rotatable bonds is 10. The fourth-order valence-electron chi connectivity index (χ4n) is 4.69. The third kappa shape index (κ3) is 5.02. The van der Waals surface area contributed by atoms with Gasteiger partial charge in [-0.2, -0.15) is 0 Å². The summed E-state index contributed by atoms with van der Waals surface area (Å²) in [6, 6.07) is 25.0. The van der Waals surface area contributed by atoms with Crippen molar-refractivity contribution in [2.24, 2.45) is 0 Å². The first-order chi connectivity index (χ1) is 16.0. The lowest BCUT2D eigenvalue weighted by molar-refractivity contribution is -0.139. The second-order valence-electron chi connectivity index (χ2n) is 9.03. The molecule has 1 aliphatic heterocycles. The number of aryl methyl sites for hydroxylation is 1. The minimum Gasteiger partial charge on any atom is -0.388 e. The van der Waals surface area contributed by atoms with Crippen LogP contribution in [0, 0.1) is 0 Å². The first-order valence-corrected chi connectivity index (χ1v) is 12.0. The van der Waals surface area contributed by atoms with E-state index in [1.165, 1.54) is 24.8 Å². The number of benzene rings is 3. The van der Waals surface area contributed by atoms with Gasteiger partial charge in [0.25, 0.3) is 5.91 Å². The summed E-state index contributed by atoms with van der Waals surface area (Å²) in [4.78, 5) is 15.1. The van der Waals surface area contributed by atoms with Crippen LogP contribution < -0.4 is 4.90 Å². The zero-order chi connectivity index (χ0) is 23.3. The highest BCUT2D eigenvalue weighted by Crippen LogP contribution is 2.45. The minimum absolute atomic E-state index is 0.0794. The van der Waals surface area contributed by atoms with Gasteiger partial charge in [-0.3, -0.25) is 4.79 Å². The van der Waals surface area contributed by atoms with Gasteiger partial charge in [0.15, 0.2) is 5.60 Å². The highest BCUT2D eigenvalue weighted by Gasteiger charge is 2.50. The second kappa shape index (κ2) is 10.3.